The van der Waals surface area contributed by atoms with Gasteiger partial charge in [0.1, 0.15) is 23.8 Å². The molecule has 6 atom stereocenters. The van der Waals surface area contributed by atoms with Gasteiger partial charge >= 0.3 is 5.97 Å². The second-order valence-electron chi connectivity index (χ2n) is 10.2. The Morgan fingerprint density at radius 3 is 2.33 bits per heavy atom. The van der Waals surface area contributed by atoms with Crippen LogP contribution in [0.3, 0.4) is 0 Å². The van der Waals surface area contributed by atoms with Gasteiger partial charge in [0.05, 0.1) is 18.9 Å². The molecular formula is C25H37N5O6. The maximum atomic E-state index is 13.7. The van der Waals surface area contributed by atoms with Crippen molar-refractivity contribution in [1.29, 1.82) is 0 Å². The summed E-state index contributed by atoms with van der Waals surface area (Å²) in [4.78, 5) is 61.8. The van der Waals surface area contributed by atoms with Gasteiger partial charge in [0.25, 0.3) is 5.91 Å². The third-order valence-electron chi connectivity index (χ3n) is 7.06. The zero-order valence-electron chi connectivity index (χ0n) is 21.5. The van der Waals surface area contributed by atoms with E-state index < -0.39 is 47.9 Å². The lowest BCUT2D eigenvalue weighted by atomic mass is 9.93. The van der Waals surface area contributed by atoms with E-state index >= 15 is 0 Å². The first-order valence-corrected chi connectivity index (χ1v) is 12.6. The van der Waals surface area contributed by atoms with Crippen molar-refractivity contribution in [2.75, 3.05) is 13.2 Å². The largest absolute Gasteiger partial charge is 0.464 e. The number of esters is 1. The molecule has 2 heterocycles. The van der Waals surface area contributed by atoms with E-state index in [-0.39, 0.29) is 42.5 Å². The van der Waals surface area contributed by atoms with Crippen LogP contribution in [0.5, 0.6) is 0 Å². The molecule has 1 aliphatic carbocycles. The molecule has 1 aromatic rings. The lowest BCUT2D eigenvalue weighted by molar-refractivity contribution is -0.155. The molecule has 3 amide bonds. The quantitative estimate of drug-likeness (QED) is 0.413. The first-order chi connectivity index (χ1) is 17.1. The summed E-state index contributed by atoms with van der Waals surface area (Å²) in [7, 11) is 0. The summed E-state index contributed by atoms with van der Waals surface area (Å²) in [6, 6.07) is -2.65. The summed E-state index contributed by atoms with van der Waals surface area (Å²) in [6.45, 7) is 9.29. The Morgan fingerprint density at radius 2 is 1.75 bits per heavy atom. The Hall–Kier alpha value is -3.08. The van der Waals surface area contributed by atoms with Gasteiger partial charge in [0.15, 0.2) is 0 Å². The monoisotopic (exact) mass is 503 g/mol. The van der Waals surface area contributed by atoms with Crippen LogP contribution in [0.15, 0.2) is 18.6 Å². The summed E-state index contributed by atoms with van der Waals surface area (Å²) in [5.74, 6) is -2.91. The van der Waals surface area contributed by atoms with E-state index in [0.717, 1.165) is 0 Å². The van der Waals surface area contributed by atoms with Gasteiger partial charge in [-0.25, -0.2) is 9.78 Å². The molecule has 198 valence electrons. The van der Waals surface area contributed by atoms with Crippen LogP contribution in [0.1, 0.15) is 57.9 Å². The molecule has 1 saturated carbocycles. The minimum Gasteiger partial charge on any atom is -0.464 e. The molecule has 0 aromatic carbocycles. The minimum absolute atomic E-state index is 0.0758. The Balaban J connectivity index is 1.78. The van der Waals surface area contributed by atoms with Gasteiger partial charge in [-0.3, -0.25) is 19.4 Å². The smallest absolute Gasteiger partial charge is 0.329 e. The van der Waals surface area contributed by atoms with E-state index in [1.807, 2.05) is 0 Å². The van der Waals surface area contributed by atoms with Crippen LogP contribution in [0.25, 0.3) is 0 Å². The summed E-state index contributed by atoms with van der Waals surface area (Å²) < 4.78 is 5.27. The average molecular weight is 504 g/mol. The number of ether oxygens (including phenoxy) is 1. The van der Waals surface area contributed by atoms with Crippen LogP contribution >= 0.6 is 0 Å². The number of hydrogen-bond donors (Lipinski definition) is 3. The van der Waals surface area contributed by atoms with Gasteiger partial charge in [-0.15, -0.1) is 0 Å². The van der Waals surface area contributed by atoms with Crippen molar-refractivity contribution < 1.29 is 29.0 Å². The predicted octanol–water partition coefficient (Wildman–Crippen LogP) is 0.533. The van der Waals surface area contributed by atoms with Gasteiger partial charge in [-0.05, 0) is 37.5 Å². The molecule has 1 aromatic heterocycles. The fourth-order valence-electron chi connectivity index (χ4n) is 5.16. The summed E-state index contributed by atoms with van der Waals surface area (Å²) in [6.07, 6.45) is 4.76. The fourth-order valence-corrected chi connectivity index (χ4v) is 5.16. The predicted molar refractivity (Wildman–Crippen MR) is 129 cm³/mol. The van der Waals surface area contributed by atoms with Crippen molar-refractivity contribution in [3.8, 4) is 0 Å². The van der Waals surface area contributed by atoms with Gasteiger partial charge in [0, 0.05) is 24.9 Å². The standard InChI is InChI=1S/C25H37N5O6/c1-6-36-25(35)21-15-7-8-18(31)16(15)12-30(21)24(34)20(14(4)5)29-23(33)19(13(2)3)28-22(32)17-11-26-9-10-27-17/h9-11,13-16,18-21,31H,6-8,12H2,1-5H3,(H,28,32)(H,29,33)/t15-,16-,18?,19+,20-,21-/m0/s1. The number of carbonyl (C=O) groups is 4. The topological polar surface area (TPSA) is 151 Å². The third kappa shape index (κ3) is 5.83. The number of hydrogen-bond acceptors (Lipinski definition) is 8. The maximum absolute atomic E-state index is 13.7. The van der Waals surface area contributed by atoms with E-state index in [4.69, 9.17) is 4.74 Å². The van der Waals surface area contributed by atoms with Crippen molar-refractivity contribution in [3.05, 3.63) is 24.3 Å². The number of nitrogens with zero attached hydrogens (tertiary/aromatic N) is 3. The second-order valence-corrected chi connectivity index (χ2v) is 10.2. The van der Waals surface area contributed by atoms with Gasteiger partial charge < -0.3 is 25.4 Å². The minimum atomic E-state index is -0.930. The lowest BCUT2D eigenvalue weighted by Crippen LogP contribution is -2.59. The number of rotatable bonds is 9. The molecule has 11 heteroatoms. The number of aliphatic hydroxyl groups excluding tert-OH is 1. The van der Waals surface area contributed by atoms with Gasteiger partial charge in [0.2, 0.25) is 11.8 Å². The van der Waals surface area contributed by atoms with Crippen LogP contribution in [-0.4, -0.2) is 81.0 Å². The van der Waals surface area contributed by atoms with Crippen LogP contribution < -0.4 is 10.6 Å². The fraction of sp³-hybridized carbons (Fsp3) is 0.680. The highest BCUT2D eigenvalue weighted by molar-refractivity contribution is 5.97. The SMILES string of the molecule is CCOC(=O)[C@@H]1[C@H]2CCC(O)[C@H]2CN1C(=O)[C@@H](NC(=O)[C@H](NC(=O)c1cnccn1)C(C)C)C(C)C. The van der Waals surface area contributed by atoms with Crippen LogP contribution in [0.4, 0.5) is 0 Å². The van der Waals surface area contributed by atoms with E-state index in [0.29, 0.717) is 12.8 Å². The zero-order valence-corrected chi connectivity index (χ0v) is 21.5. The van der Waals surface area contributed by atoms with Crippen LogP contribution in [0.2, 0.25) is 0 Å². The van der Waals surface area contributed by atoms with Crippen LogP contribution in [0, 0.1) is 23.7 Å². The molecule has 11 nitrogen and oxygen atoms in total. The van der Waals surface area contributed by atoms with Crippen molar-refractivity contribution in [3.63, 3.8) is 0 Å². The average Bonchev–Trinajstić information content (AvgIpc) is 3.40. The number of aromatic nitrogens is 2. The Bertz CT molecular complexity index is 956. The van der Waals surface area contributed by atoms with Gasteiger partial charge in [-0.2, -0.15) is 0 Å². The van der Waals surface area contributed by atoms with E-state index in [1.165, 1.54) is 23.5 Å². The highest BCUT2D eigenvalue weighted by Crippen LogP contribution is 2.43. The molecule has 36 heavy (non-hydrogen) atoms. The second kappa shape index (κ2) is 11.8. The number of fused-ring (bicyclic) bond motifs is 1. The van der Waals surface area contributed by atoms with E-state index in [1.54, 1.807) is 34.6 Å². The molecule has 3 rings (SSSR count). The highest BCUT2D eigenvalue weighted by Gasteiger charge is 2.54. The molecule has 0 spiro atoms. The Morgan fingerprint density at radius 1 is 1.06 bits per heavy atom. The van der Waals surface area contributed by atoms with Crippen molar-refractivity contribution >= 4 is 23.7 Å². The van der Waals surface area contributed by atoms with Gasteiger partial charge in [-0.1, -0.05) is 27.7 Å². The molecule has 0 radical (unpaired) electrons. The first kappa shape index (κ1) is 27.5. The summed E-state index contributed by atoms with van der Waals surface area (Å²) in [5, 5.41) is 15.9. The normalized spacial score (nSPS) is 24.8. The highest BCUT2D eigenvalue weighted by atomic mass is 16.5. The van der Waals surface area contributed by atoms with Crippen molar-refractivity contribution in [1.82, 2.24) is 25.5 Å². The molecule has 1 saturated heterocycles. The molecule has 1 aliphatic heterocycles. The Labute approximate surface area is 211 Å². The van der Waals surface area contributed by atoms with Crippen LogP contribution in [-0.2, 0) is 19.1 Å². The Kier molecular flexibility index (Phi) is 8.99. The molecule has 3 N–H and O–H groups in total. The molecule has 0 bridgehead atoms. The third-order valence-corrected chi connectivity index (χ3v) is 7.06. The zero-order chi connectivity index (χ0) is 26.6. The van der Waals surface area contributed by atoms with Crippen molar-refractivity contribution in [2.24, 2.45) is 23.7 Å². The van der Waals surface area contributed by atoms with E-state index in [9.17, 15) is 24.3 Å². The lowest BCUT2D eigenvalue weighted by Gasteiger charge is -2.33. The first-order valence-electron chi connectivity index (χ1n) is 12.6. The molecule has 2 aliphatic rings. The maximum Gasteiger partial charge on any atom is 0.329 e. The van der Waals surface area contributed by atoms with Crippen molar-refractivity contribution in [2.45, 2.75) is 71.7 Å². The number of carbonyl (C=O) groups excluding carboxylic acids is 4. The molecule has 1 unspecified atom stereocenters. The molecule has 2 fully saturated rings. The molecular weight excluding hydrogens is 466 g/mol. The number of aliphatic hydroxyl groups is 1. The number of likely N-dealkylation sites (tertiary alicyclic amines) is 1. The van der Waals surface area contributed by atoms with E-state index in [2.05, 4.69) is 20.6 Å². The summed E-state index contributed by atoms with van der Waals surface area (Å²) in [5.41, 5.74) is 0.0758. The number of amides is 3. The summed E-state index contributed by atoms with van der Waals surface area (Å²) >= 11 is 0. The number of nitrogens with one attached hydrogen (secondary N) is 2.